The third-order valence-electron chi connectivity index (χ3n) is 4.48. The summed E-state index contributed by atoms with van der Waals surface area (Å²) < 4.78 is 47.4. The van der Waals surface area contributed by atoms with Crippen molar-refractivity contribution >= 4 is 28.1 Å². The van der Waals surface area contributed by atoms with Crippen LogP contribution in [-0.4, -0.2) is 44.9 Å². The summed E-state index contributed by atoms with van der Waals surface area (Å²) in [6.07, 6.45) is -0.0891. The highest BCUT2D eigenvalue weighted by atomic mass is 32.3. The number of halogens is 2. The molecule has 1 spiro atoms. The monoisotopic (exact) mass is 348 g/mol. The molecule has 2 fully saturated rings. The molecule has 23 heavy (non-hydrogen) atoms. The van der Waals surface area contributed by atoms with Crippen molar-refractivity contribution in [3.8, 4) is 0 Å². The van der Waals surface area contributed by atoms with Crippen molar-refractivity contribution in [2.24, 2.45) is 5.41 Å². The molecule has 1 aromatic carbocycles. The zero-order valence-corrected chi connectivity index (χ0v) is 13.1. The molecule has 128 valence electrons. The van der Waals surface area contributed by atoms with Gasteiger partial charge in [-0.05, 0) is 25.0 Å². The molecule has 9 heteroatoms. The number of nitrogens with zero attached hydrogens (tertiary/aromatic N) is 1. The van der Waals surface area contributed by atoms with Crippen LogP contribution in [-0.2, 0) is 0 Å². The average molecular weight is 348 g/mol. The molecule has 0 aromatic heterocycles. The molecule has 6 nitrogen and oxygen atoms in total. The molecule has 1 aromatic rings. The van der Waals surface area contributed by atoms with E-state index in [1.807, 2.05) is 5.32 Å². The molecule has 3 rings (SSSR count). The minimum atomic E-state index is -2.44. The van der Waals surface area contributed by atoms with Gasteiger partial charge in [-0.3, -0.25) is 14.4 Å². The SMILES string of the molecule is O=C(O)Nc1cc(F)c(N2CCC3(CC2)CS(O)(O)C3)c(F)c1. The zero-order chi connectivity index (χ0) is 16.8. The summed E-state index contributed by atoms with van der Waals surface area (Å²) in [5.74, 6) is -0.884. The molecular weight excluding hydrogens is 330 g/mol. The van der Waals surface area contributed by atoms with Crippen LogP contribution in [0.15, 0.2) is 12.1 Å². The van der Waals surface area contributed by atoms with Gasteiger partial charge in [0.05, 0.1) is 0 Å². The van der Waals surface area contributed by atoms with Gasteiger partial charge in [-0.25, -0.2) is 13.6 Å². The fourth-order valence-corrected chi connectivity index (χ4v) is 5.95. The first-order valence-electron chi connectivity index (χ1n) is 7.17. The van der Waals surface area contributed by atoms with Crippen LogP contribution in [0.4, 0.5) is 25.0 Å². The van der Waals surface area contributed by atoms with Gasteiger partial charge < -0.3 is 10.0 Å². The highest BCUT2D eigenvalue weighted by Gasteiger charge is 2.49. The van der Waals surface area contributed by atoms with Crippen LogP contribution < -0.4 is 10.2 Å². The topological polar surface area (TPSA) is 93.0 Å². The van der Waals surface area contributed by atoms with E-state index in [2.05, 4.69) is 0 Å². The van der Waals surface area contributed by atoms with E-state index in [9.17, 15) is 22.7 Å². The summed E-state index contributed by atoms with van der Waals surface area (Å²) in [6, 6.07) is 1.91. The van der Waals surface area contributed by atoms with Gasteiger partial charge in [0, 0.05) is 35.7 Å². The number of nitrogens with one attached hydrogen (secondary N) is 1. The number of anilines is 2. The maximum Gasteiger partial charge on any atom is 0.409 e. The number of hydrogen-bond donors (Lipinski definition) is 4. The second kappa shape index (κ2) is 5.50. The first kappa shape index (κ1) is 16.3. The first-order valence-corrected chi connectivity index (χ1v) is 9.06. The Morgan fingerprint density at radius 1 is 1.17 bits per heavy atom. The van der Waals surface area contributed by atoms with Gasteiger partial charge in [-0.2, -0.15) is 10.6 Å². The van der Waals surface area contributed by atoms with Crippen LogP contribution in [0, 0.1) is 17.0 Å². The Labute approximate surface area is 133 Å². The van der Waals surface area contributed by atoms with Gasteiger partial charge in [0.25, 0.3) is 0 Å². The van der Waals surface area contributed by atoms with Crippen LogP contribution in [0.1, 0.15) is 12.8 Å². The van der Waals surface area contributed by atoms with Crippen molar-refractivity contribution in [3.63, 3.8) is 0 Å². The number of piperidine rings is 1. The van der Waals surface area contributed by atoms with Crippen LogP contribution >= 0.6 is 10.6 Å². The van der Waals surface area contributed by atoms with Gasteiger partial charge in [0.1, 0.15) is 5.69 Å². The number of benzene rings is 1. The second-order valence-electron chi connectivity index (χ2n) is 6.30. The van der Waals surface area contributed by atoms with Crippen LogP contribution in [0.5, 0.6) is 0 Å². The number of rotatable bonds is 2. The summed E-state index contributed by atoms with van der Waals surface area (Å²) in [5, 5.41) is 10.5. The van der Waals surface area contributed by atoms with E-state index in [0.29, 0.717) is 37.4 Å². The minimum Gasteiger partial charge on any atom is -0.465 e. The Bertz CT molecular complexity index is 615. The van der Waals surface area contributed by atoms with E-state index in [0.717, 1.165) is 12.1 Å². The fraction of sp³-hybridized carbons (Fsp3) is 0.500. The lowest BCUT2D eigenvalue weighted by Crippen LogP contribution is -2.52. The minimum absolute atomic E-state index is 0.118. The summed E-state index contributed by atoms with van der Waals surface area (Å²) in [5.41, 5.74) is -0.438. The molecule has 0 aliphatic carbocycles. The van der Waals surface area contributed by atoms with Crippen molar-refractivity contribution in [1.82, 2.24) is 0 Å². The van der Waals surface area contributed by atoms with E-state index in [1.54, 1.807) is 4.90 Å². The van der Waals surface area contributed by atoms with Gasteiger partial charge in [-0.1, -0.05) is 0 Å². The van der Waals surface area contributed by atoms with Crippen LogP contribution in [0.2, 0.25) is 0 Å². The van der Waals surface area contributed by atoms with E-state index in [4.69, 9.17) is 5.11 Å². The molecule has 2 saturated heterocycles. The van der Waals surface area contributed by atoms with Crippen molar-refractivity contribution in [2.75, 3.05) is 34.8 Å². The zero-order valence-electron chi connectivity index (χ0n) is 12.3. The summed E-state index contributed by atoms with van der Waals surface area (Å²) in [4.78, 5) is 12.1. The molecule has 2 aliphatic heterocycles. The maximum absolute atomic E-state index is 14.2. The molecule has 0 atom stereocenters. The van der Waals surface area contributed by atoms with Gasteiger partial charge in [0.2, 0.25) is 0 Å². The summed E-state index contributed by atoms with van der Waals surface area (Å²) in [7, 11) is -2.44. The van der Waals surface area contributed by atoms with Crippen LogP contribution in [0.25, 0.3) is 0 Å². The van der Waals surface area contributed by atoms with E-state index in [-0.39, 0.29) is 16.8 Å². The molecule has 0 bridgehead atoms. The molecular formula is C14H18F2N2O4S. The predicted molar refractivity (Wildman–Crippen MR) is 84.5 cm³/mol. The normalized spacial score (nSPS) is 23.2. The first-order chi connectivity index (χ1) is 10.7. The predicted octanol–water partition coefficient (Wildman–Crippen LogP) is 3.41. The van der Waals surface area contributed by atoms with E-state index in [1.165, 1.54) is 0 Å². The van der Waals surface area contributed by atoms with Crippen molar-refractivity contribution in [3.05, 3.63) is 23.8 Å². The second-order valence-corrected chi connectivity index (χ2v) is 8.48. The Balaban J connectivity index is 1.72. The highest BCUT2D eigenvalue weighted by molar-refractivity contribution is 8.25. The van der Waals surface area contributed by atoms with Gasteiger partial charge >= 0.3 is 6.09 Å². The van der Waals surface area contributed by atoms with Gasteiger partial charge in [0.15, 0.2) is 11.6 Å². The molecule has 2 aliphatic rings. The number of hydrogen-bond acceptors (Lipinski definition) is 4. The summed E-state index contributed by atoms with van der Waals surface area (Å²) in [6.45, 7) is 0.851. The van der Waals surface area contributed by atoms with Crippen molar-refractivity contribution in [2.45, 2.75) is 12.8 Å². The van der Waals surface area contributed by atoms with E-state index >= 15 is 0 Å². The lowest BCUT2D eigenvalue weighted by Gasteiger charge is -2.58. The van der Waals surface area contributed by atoms with Crippen molar-refractivity contribution < 1.29 is 27.8 Å². The standard InChI is InChI=1S/C14H18F2N2O4S/c15-10-5-9(17-13(19)20)6-11(16)12(10)18-3-1-14(2-4-18)7-23(21,22)8-14/h5-6,17,21-22H,1-4,7-8H2,(H,19,20). The fourth-order valence-electron chi connectivity index (χ4n) is 3.50. The molecule has 4 N–H and O–H groups in total. The van der Waals surface area contributed by atoms with Crippen LogP contribution in [0.3, 0.4) is 0 Å². The Hall–Kier alpha value is -1.58. The molecule has 0 radical (unpaired) electrons. The van der Waals surface area contributed by atoms with Gasteiger partial charge in [-0.15, -0.1) is 0 Å². The highest BCUT2D eigenvalue weighted by Crippen LogP contribution is 2.62. The molecule has 1 amide bonds. The maximum atomic E-state index is 14.2. The smallest absolute Gasteiger partial charge is 0.409 e. The lowest BCUT2D eigenvalue weighted by atomic mass is 9.81. The Morgan fingerprint density at radius 3 is 2.13 bits per heavy atom. The molecule has 2 heterocycles. The Kier molecular flexibility index (Phi) is 3.89. The lowest BCUT2D eigenvalue weighted by molar-refractivity contribution is 0.209. The molecule has 0 saturated carbocycles. The van der Waals surface area contributed by atoms with E-state index < -0.39 is 28.3 Å². The third kappa shape index (κ3) is 3.22. The van der Waals surface area contributed by atoms with Crippen molar-refractivity contribution in [1.29, 1.82) is 0 Å². The number of amides is 1. The number of carbonyl (C=O) groups is 1. The number of carboxylic acid groups (broad SMARTS) is 1. The quantitative estimate of drug-likeness (QED) is 0.657. The average Bonchev–Trinajstić information content (AvgIpc) is 2.37. The third-order valence-corrected chi connectivity index (χ3v) is 6.63. The Morgan fingerprint density at radius 2 is 1.70 bits per heavy atom. The molecule has 0 unspecified atom stereocenters. The largest absolute Gasteiger partial charge is 0.465 e. The summed E-state index contributed by atoms with van der Waals surface area (Å²) >= 11 is 0.